The summed E-state index contributed by atoms with van der Waals surface area (Å²) in [5.41, 5.74) is 0.652. The summed E-state index contributed by atoms with van der Waals surface area (Å²) in [6.45, 7) is 6.27. The fourth-order valence-electron chi connectivity index (χ4n) is 5.69. The molecule has 1 N–H and O–H groups in total. The number of nitrogens with one attached hydrogen (secondary N) is 1. The molecule has 6 rings (SSSR count). The highest BCUT2D eigenvalue weighted by Gasteiger charge is 2.58. The Balaban J connectivity index is 1.18. The topological polar surface area (TPSA) is 99.8 Å². The number of rotatable bonds is 3. The number of aromatic nitrogens is 4. The summed E-state index contributed by atoms with van der Waals surface area (Å²) < 4.78 is 25.4. The number of piperidine rings is 1. The quantitative estimate of drug-likeness (QED) is 0.499. The Bertz CT molecular complexity index is 1370. The number of hydrogen-bond acceptors (Lipinski definition) is 8. The SMILES string of the molecule is Cn1c(N2CCC3(CC2)CO[C@H]2CC(C)(C)[S@@+]([O-])N[C@H]23)ncc(Sc2ccn3nccc3c2Cl)c1=O. The molecule has 0 aliphatic carbocycles. The van der Waals surface area contributed by atoms with Gasteiger partial charge in [-0.05, 0) is 38.8 Å². The molecule has 3 aliphatic heterocycles. The van der Waals surface area contributed by atoms with Crippen molar-refractivity contribution in [1.29, 1.82) is 0 Å². The Labute approximate surface area is 221 Å². The number of hydrogen-bond donors (Lipinski definition) is 1. The number of anilines is 1. The second-order valence-electron chi connectivity index (χ2n) is 10.6. The van der Waals surface area contributed by atoms with Gasteiger partial charge in [0.15, 0.2) is 0 Å². The van der Waals surface area contributed by atoms with Crippen LogP contribution in [0, 0.1) is 5.41 Å². The van der Waals surface area contributed by atoms with E-state index in [0.29, 0.717) is 22.5 Å². The molecule has 3 aliphatic rings. The molecule has 0 unspecified atom stereocenters. The van der Waals surface area contributed by atoms with E-state index in [1.165, 1.54) is 11.8 Å². The molecular weight excluding hydrogens is 520 g/mol. The van der Waals surface area contributed by atoms with E-state index >= 15 is 0 Å². The van der Waals surface area contributed by atoms with E-state index in [2.05, 4.69) is 19.7 Å². The number of fused-ring (bicyclic) bond motifs is 3. The molecule has 3 aromatic heterocycles. The standard InChI is InChI=1S/C24H29ClN6O3S2/c1-23(2)12-16-20(28-36(23)33)24(14-34-16)6-10-30(11-7-24)22-26-13-18(21(32)29(22)3)35-17-5-9-31-15(19(17)25)4-8-27-31/h4-5,8-9,13,16,20,28H,6-7,10-12,14H2,1-3H3/t16-,20+,36+/m0/s1. The minimum Gasteiger partial charge on any atom is -0.598 e. The Hall–Kier alpha value is -1.76. The van der Waals surface area contributed by atoms with Crippen molar-refractivity contribution < 1.29 is 9.29 Å². The third kappa shape index (κ3) is 3.95. The summed E-state index contributed by atoms with van der Waals surface area (Å²) in [4.78, 5) is 21.4. The van der Waals surface area contributed by atoms with E-state index in [1.807, 2.05) is 32.2 Å². The molecule has 36 heavy (non-hydrogen) atoms. The van der Waals surface area contributed by atoms with Crippen LogP contribution in [0.2, 0.25) is 5.02 Å². The van der Waals surface area contributed by atoms with Crippen LogP contribution < -0.4 is 15.2 Å². The Kier molecular flexibility index (Phi) is 6.09. The lowest BCUT2D eigenvalue weighted by Crippen LogP contribution is -2.62. The first-order chi connectivity index (χ1) is 17.2. The fourth-order valence-corrected chi connectivity index (χ4v) is 8.18. The molecule has 0 radical (unpaired) electrons. The minimum atomic E-state index is -1.09. The molecule has 1 spiro atoms. The largest absolute Gasteiger partial charge is 0.598 e. The molecule has 6 heterocycles. The second kappa shape index (κ2) is 8.92. The van der Waals surface area contributed by atoms with Gasteiger partial charge in [-0.25, -0.2) is 9.50 Å². The predicted molar refractivity (Wildman–Crippen MR) is 141 cm³/mol. The van der Waals surface area contributed by atoms with Crippen LogP contribution in [0.1, 0.15) is 33.1 Å². The van der Waals surface area contributed by atoms with Gasteiger partial charge in [0.05, 0.1) is 46.6 Å². The zero-order valence-electron chi connectivity index (χ0n) is 20.4. The van der Waals surface area contributed by atoms with Gasteiger partial charge in [0.25, 0.3) is 5.56 Å². The highest BCUT2D eigenvalue weighted by Crippen LogP contribution is 2.48. The van der Waals surface area contributed by atoms with E-state index < -0.39 is 11.4 Å². The highest BCUT2D eigenvalue weighted by molar-refractivity contribution is 7.99. The van der Waals surface area contributed by atoms with Crippen molar-refractivity contribution in [2.24, 2.45) is 12.5 Å². The van der Waals surface area contributed by atoms with E-state index in [4.69, 9.17) is 16.3 Å². The van der Waals surface area contributed by atoms with E-state index in [9.17, 15) is 9.35 Å². The Morgan fingerprint density at radius 1 is 1.28 bits per heavy atom. The van der Waals surface area contributed by atoms with Crippen LogP contribution in [-0.2, 0) is 23.1 Å². The molecule has 0 bridgehead atoms. The molecule has 0 aromatic carbocycles. The fraction of sp³-hybridized carbons (Fsp3) is 0.542. The summed E-state index contributed by atoms with van der Waals surface area (Å²) in [5.74, 6) is 0.660. The van der Waals surface area contributed by atoms with Crippen molar-refractivity contribution in [3.63, 3.8) is 0 Å². The summed E-state index contributed by atoms with van der Waals surface area (Å²) in [6.07, 6.45) is 7.85. The van der Waals surface area contributed by atoms with Crippen LogP contribution in [0.5, 0.6) is 0 Å². The third-order valence-corrected chi connectivity index (χ3v) is 11.1. The molecule has 0 amide bonds. The summed E-state index contributed by atoms with van der Waals surface area (Å²) in [6, 6.07) is 3.80. The lowest BCUT2D eigenvalue weighted by molar-refractivity contribution is 0.0747. The van der Waals surface area contributed by atoms with Gasteiger partial charge >= 0.3 is 0 Å². The molecule has 9 nitrogen and oxygen atoms in total. The normalized spacial score (nSPS) is 27.0. The zero-order chi connectivity index (χ0) is 25.2. The monoisotopic (exact) mass is 548 g/mol. The summed E-state index contributed by atoms with van der Waals surface area (Å²) >= 11 is 6.79. The van der Waals surface area contributed by atoms with Crippen molar-refractivity contribution in [2.75, 3.05) is 24.6 Å². The third-order valence-electron chi connectivity index (χ3n) is 7.90. The first-order valence-electron chi connectivity index (χ1n) is 12.1. The first kappa shape index (κ1) is 24.6. The van der Waals surface area contributed by atoms with Crippen molar-refractivity contribution in [1.82, 2.24) is 23.9 Å². The van der Waals surface area contributed by atoms with Crippen LogP contribution in [0.4, 0.5) is 5.95 Å². The van der Waals surface area contributed by atoms with Gasteiger partial charge in [-0.2, -0.15) is 5.10 Å². The highest BCUT2D eigenvalue weighted by atomic mass is 35.5. The van der Waals surface area contributed by atoms with Gasteiger partial charge in [-0.1, -0.05) is 23.4 Å². The molecule has 12 heteroatoms. The molecule has 3 atom stereocenters. The van der Waals surface area contributed by atoms with Crippen molar-refractivity contribution in [3.8, 4) is 0 Å². The minimum absolute atomic E-state index is 0.0367. The van der Waals surface area contributed by atoms with E-state index in [-0.39, 0.29) is 27.9 Å². The molecular formula is C24H29ClN6O3S2. The summed E-state index contributed by atoms with van der Waals surface area (Å²) in [5, 5.41) is 4.75. The molecule has 0 saturated carbocycles. The number of halogens is 1. The van der Waals surface area contributed by atoms with Crippen LogP contribution in [0.3, 0.4) is 0 Å². The Morgan fingerprint density at radius 2 is 2.06 bits per heavy atom. The van der Waals surface area contributed by atoms with Gasteiger partial charge in [0, 0.05) is 54.4 Å². The maximum atomic E-state index is 13.2. The number of ether oxygens (including phenoxy) is 1. The smallest absolute Gasteiger partial charge is 0.268 e. The average Bonchev–Trinajstić information content (AvgIpc) is 3.46. The van der Waals surface area contributed by atoms with Crippen molar-refractivity contribution >= 4 is 46.2 Å². The van der Waals surface area contributed by atoms with Gasteiger partial charge < -0.3 is 14.2 Å². The average molecular weight is 549 g/mol. The van der Waals surface area contributed by atoms with Gasteiger partial charge in [-0.3, -0.25) is 9.36 Å². The van der Waals surface area contributed by atoms with Gasteiger partial charge in [0.1, 0.15) is 4.75 Å². The Morgan fingerprint density at radius 3 is 2.83 bits per heavy atom. The molecule has 192 valence electrons. The second-order valence-corrected chi connectivity index (χ2v) is 13.9. The van der Waals surface area contributed by atoms with Crippen LogP contribution in [0.25, 0.3) is 5.52 Å². The molecule has 3 saturated heterocycles. The van der Waals surface area contributed by atoms with Crippen molar-refractivity contribution in [3.05, 3.63) is 46.1 Å². The van der Waals surface area contributed by atoms with E-state index in [0.717, 1.165) is 42.8 Å². The number of nitrogens with zero attached hydrogens (tertiary/aromatic N) is 5. The van der Waals surface area contributed by atoms with Gasteiger partial charge in [-0.15, -0.1) is 4.72 Å². The first-order valence-corrected chi connectivity index (χ1v) is 14.4. The maximum Gasteiger partial charge on any atom is 0.268 e. The lowest BCUT2D eigenvalue weighted by Gasteiger charge is -2.46. The van der Waals surface area contributed by atoms with Crippen LogP contribution >= 0.6 is 23.4 Å². The van der Waals surface area contributed by atoms with E-state index in [1.54, 1.807) is 28.5 Å². The lowest BCUT2D eigenvalue weighted by atomic mass is 9.72. The van der Waals surface area contributed by atoms with Gasteiger partial charge in [0.2, 0.25) is 5.95 Å². The van der Waals surface area contributed by atoms with Crippen LogP contribution in [0.15, 0.2) is 45.3 Å². The zero-order valence-corrected chi connectivity index (χ0v) is 22.8. The number of pyridine rings is 1. The summed E-state index contributed by atoms with van der Waals surface area (Å²) in [7, 11) is 1.77. The predicted octanol–water partition coefficient (Wildman–Crippen LogP) is 3.02. The maximum absolute atomic E-state index is 13.2. The molecule has 3 fully saturated rings. The van der Waals surface area contributed by atoms with Crippen LogP contribution in [-0.4, -0.2) is 60.3 Å². The van der Waals surface area contributed by atoms with Crippen molar-refractivity contribution in [2.45, 2.75) is 59.8 Å². The molecule has 3 aromatic rings.